The van der Waals surface area contributed by atoms with Gasteiger partial charge >= 0.3 is 0 Å². The molecule has 0 saturated carbocycles. The lowest BCUT2D eigenvalue weighted by Gasteiger charge is -2.30. The van der Waals surface area contributed by atoms with E-state index in [1.165, 1.54) is 84.9 Å². The molecule has 3 aliphatic rings. The molecular formula is C56H44O13. The van der Waals surface area contributed by atoms with Crippen molar-refractivity contribution in [3.8, 4) is 69.0 Å². The lowest BCUT2D eigenvalue weighted by atomic mass is 9.70. The van der Waals surface area contributed by atoms with E-state index in [1.54, 1.807) is 72.8 Å². The van der Waals surface area contributed by atoms with Crippen LogP contribution in [0.5, 0.6) is 69.0 Å². The van der Waals surface area contributed by atoms with E-state index in [2.05, 4.69) is 0 Å². The Hall–Kier alpha value is -8.68. The highest BCUT2D eigenvalue weighted by atomic mass is 16.5. The molecule has 8 aromatic rings. The van der Waals surface area contributed by atoms with E-state index in [9.17, 15) is 51.1 Å². The normalized spacial score (nSPS) is 22.4. The molecule has 1 saturated heterocycles. The van der Waals surface area contributed by atoms with Crippen LogP contribution < -0.4 is 9.47 Å². The Morgan fingerprint density at radius 3 is 1.26 bits per heavy atom. The first-order valence-corrected chi connectivity index (χ1v) is 22.2. The molecular weight excluding hydrogens is 881 g/mol. The Morgan fingerprint density at radius 1 is 0.290 bits per heavy atom. The Labute approximate surface area is 394 Å². The second-order valence-corrected chi connectivity index (χ2v) is 17.9. The zero-order chi connectivity index (χ0) is 47.8. The van der Waals surface area contributed by atoms with E-state index in [1.807, 2.05) is 0 Å². The van der Waals surface area contributed by atoms with Gasteiger partial charge in [0.25, 0.3) is 0 Å². The van der Waals surface area contributed by atoms with Gasteiger partial charge in [0.2, 0.25) is 0 Å². The third kappa shape index (κ3) is 7.58. The van der Waals surface area contributed by atoms with E-state index >= 15 is 0 Å². The van der Waals surface area contributed by atoms with Crippen molar-refractivity contribution in [3.63, 3.8) is 0 Å². The largest absolute Gasteiger partial charge is 0.508 e. The molecule has 0 spiro atoms. The van der Waals surface area contributed by atoms with Crippen molar-refractivity contribution in [3.05, 3.63) is 213 Å². The fourth-order valence-electron chi connectivity index (χ4n) is 10.8. The van der Waals surface area contributed by atoms with Gasteiger partial charge in [0.15, 0.2) is 0 Å². The molecule has 0 radical (unpaired) electrons. The smallest absolute Gasteiger partial charge is 0.135 e. The minimum absolute atomic E-state index is 0.00479. The van der Waals surface area contributed by atoms with Gasteiger partial charge in [-0.3, -0.25) is 0 Å². The molecule has 1 fully saturated rings. The van der Waals surface area contributed by atoms with Crippen LogP contribution in [0.1, 0.15) is 104 Å². The van der Waals surface area contributed by atoms with Crippen LogP contribution in [0.4, 0.5) is 0 Å². The maximum absolute atomic E-state index is 11.8. The number of aromatic hydroxyl groups is 10. The van der Waals surface area contributed by atoms with Crippen molar-refractivity contribution < 1.29 is 65.3 Å². The molecule has 3 heterocycles. The van der Waals surface area contributed by atoms with E-state index in [-0.39, 0.29) is 69.0 Å². The van der Waals surface area contributed by atoms with Crippen LogP contribution in [0.2, 0.25) is 0 Å². The summed E-state index contributed by atoms with van der Waals surface area (Å²) in [6, 6.07) is 40.9. The zero-order valence-corrected chi connectivity index (χ0v) is 36.3. The van der Waals surface area contributed by atoms with E-state index in [0.717, 1.165) is 0 Å². The maximum Gasteiger partial charge on any atom is 0.135 e. The number of phenolic OH excluding ortho intramolecular Hbond substituents is 10. The van der Waals surface area contributed by atoms with Crippen LogP contribution in [0.15, 0.2) is 158 Å². The second kappa shape index (κ2) is 16.6. The number of hydrogen-bond acceptors (Lipinski definition) is 13. The molecule has 8 aromatic carbocycles. The van der Waals surface area contributed by atoms with Crippen LogP contribution in [-0.4, -0.2) is 51.1 Å². The van der Waals surface area contributed by atoms with Crippen LogP contribution in [0.3, 0.4) is 0 Å². The summed E-state index contributed by atoms with van der Waals surface area (Å²) in [5, 5.41) is 110. The van der Waals surface area contributed by atoms with Gasteiger partial charge in [-0.25, -0.2) is 0 Å². The van der Waals surface area contributed by atoms with E-state index in [0.29, 0.717) is 55.6 Å². The first-order valence-electron chi connectivity index (χ1n) is 22.2. The minimum atomic E-state index is -0.909. The second-order valence-electron chi connectivity index (χ2n) is 17.9. The van der Waals surface area contributed by atoms with Crippen LogP contribution in [0.25, 0.3) is 0 Å². The number of ether oxygens (including phenoxy) is 3. The van der Waals surface area contributed by atoms with Crippen LogP contribution in [0, 0.1) is 0 Å². The molecule has 346 valence electrons. The average molecular weight is 925 g/mol. The highest BCUT2D eigenvalue weighted by Crippen LogP contribution is 2.66. The number of fused-ring (bicyclic) bond motifs is 2. The topological polar surface area (TPSA) is 230 Å². The average Bonchev–Trinajstić information content (AvgIpc) is 4.01. The molecule has 0 aliphatic carbocycles. The summed E-state index contributed by atoms with van der Waals surface area (Å²) < 4.78 is 20.9. The summed E-state index contributed by atoms with van der Waals surface area (Å²) in [6.45, 7) is 0. The summed E-state index contributed by atoms with van der Waals surface area (Å²) in [5.74, 6) is -3.86. The third-order valence-corrected chi connectivity index (χ3v) is 13.6. The summed E-state index contributed by atoms with van der Waals surface area (Å²) in [7, 11) is 0. The maximum atomic E-state index is 11.8. The van der Waals surface area contributed by atoms with Crippen molar-refractivity contribution in [1.82, 2.24) is 0 Å². The van der Waals surface area contributed by atoms with Gasteiger partial charge in [0.1, 0.15) is 81.2 Å². The quantitative estimate of drug-likeness (QED) is 0.0685. The molecule has 10 N–H and O–H groups in total. The molecule has 0 aromatic heterocycles. The predicted octanol–water partition coefficient (Wildman–Crippen LogP) is 10.7. The van der Waals surface area contributed by atoms with Gasteiger partial charge in [0, 0.05) is 52.8 Å². The molecule has 13 heteroatoms. The minimum Gasteiger partial charge on any atom is -0.508 e. The molecule has 11 rings (SSSR count). The first-order chi connectivity index (χ1) is 33.3. The Kier molecular flexibility index (Phi) is 10.3. The number of hydrogen-bond donors (Lipinski definition) is 10. The van der Waals surface area contributed by atoms with Crippen LogP contribution >= 0.6 is 0 Å². The van der Waals surface area contributed by atoms with Gasteiger partial charge < -0.3 is 65.3 Å². The monoisotopic (exact) mass is 924 g/mol. The van der Waals surface area contributed by atoms with Crippen molar-refractivity contribution >= 4 is 0 Å². The van der Waals surface area contributed by atoms with E-state index in [4.69, 9.17) is 14.2 Å². The summed E-state index contributed by atoms with van der Waals surface area (Å²) in [4.78, 5) is 0. The molecule has 13 nitrogen and oxygen atoms in total. The van der Waals surface area contributed by atoms with Gasteiger partial charge in [-0.15, -0.1) is 0 Å². The van der Waals surface area contributed by atoms with E-state index < -0.39 is 48.1 Å². The van der Waals surface area contributed by atoms with Crippen molar-refractivity contribution in [1.29, 1.82) is 0 Å². The zero-order valence-electron chi connectivity index (χ0n) is 36.3. The summed E-state index contributed by atoms with van der Waals surface area (Å²) in [6.07, 6.45) is -3.47. The fourth-order valence-corrected chi connectivity index (χ4v) is 10.8. The molecule has 0 amide bonds. The SMILES string of the molecule is Oc1ccc([C@H]2O[C@@H](c3ccc(O)cc3)[C@@H](c3cc(O)cc4c3[C@H](c3cc(O)cc5c3[C@@H](c3cc(O)cc(O)c3)[C@@H](c3cccc(O)c3)O5)[C@H](c3ccc(O)cc3)O4)[C@@H]2c2ccc(O)cc2O)cc1. The third-order valence-electron chi connectivity index (χ3n) is 13.6. The molecule has 0 bridgehead atoms. The molecule has 69 heavy (non-hydrogen) atoms. The van der Waals surface area contributed by atoms with Gasteiger partial charge in [-0.05, 0) is 118 Å². The lowest BCUT2D eigenvalue weighted by molar-refractivity contribution is 0.0365. The van der Waals surface area contributed by atoms with Crippen LogP contribution in [-0.2, 0) is 4.74 Å². The number of benzene rings is 8. The van der Waals surface area contributed by atoms with Crippen molar-refractivity contribution in [2.24, 2.45) is 0 Å². The predicted molar refractivity (Wildman–Crippen MR) is 251 cm³/mol. The van der Waals surface area contributed by atoms with Crippen molar-refractivity contribution in [2.45, 2.75) is 48.1 Å². The standard InChI is InChI=1S/C56H44O13/c57-32-10-4-27(5-11-32)53-51(42-22-39(64)25-45-48(42)47(31-19-37(62)21-38(63)20-31)56(68-45)30-2-1-3-35(60)18-30)49-43(23-40(65)26-46(49)67-53)52-50(41-17-16-36(61)24-44(41)66)54(28-6-12-33(58)13-7-28)69-55(52)29-8-14-34(59)15-9-29/h1-26,47,50-66H/t47-,50+,51+,52+,53+,54-,55+,56-/m1/s1. The Bertz CT molecular complexity index is 3240. The van der Waals surface area contributed by atoms with Gasteiger partial charge in [-0.1, -0.05) is 54.6 Å². The fraction of sp³-hybridized carbons (Fsp3) is 0.143. The Morgan fingerprint density at radius 2 is 0.725 bits per heavy atom. The number of phenols is 10. The molecule has 0 unspecified atom stereocenters. The highest BCUT2D eigenvalue weighted by Gasteiger charge is 2.53. The van der Waals surface area contributed by atoms with Gasteiger partial charge in [0.05, 0.1) is 24.0 Å². The first kappa shape index (κ1) is 42.9. The lowest BCUT2D eigenvalue weighted by Crippen LogP contribution is -2.19. The Balaban J connectivity index is 1.20. The molecule has 8 atom stereocenters. The summed E-state index contributed by atoms with van der Waals surface area (Å²) in [5.41, 5.74) is 5.42. The highest BCUT2D eigenvalue weighted by molar-refractivity contribution is 5.65. The number of rotatable bonds is 8. The van der Waals surface area contributed by atoms with Crippen molar-refractivity contribution in [2.75, 3.05) is 0 Å². The van der Waals surface area contributed by atoms with Gasteiger partial charge in [-0.2, -0.15) is 0 Å². The summed E-state index contributed by atoms with van der Waals surface area (Å²) >= 11 is 0. The molecule has 3 aliphatic heterocycles.